The normalized spacial score (nSPS) is 20.8. The zero-order valence-electron chi connectivity index (χ0n) is 12.2. The van der Waals surface area contributed by atoms with Gasteiger partial charge in [-0.2, -0.15) is 0 Å². The summed E-state index contributed by atoms with van der Waals surface area (Å²) in [6.45, 7) is 1.06. The van der Waals surface area contributed by atoms with Crippen LogP contribution in [0.15, 0.2) is 0 Å². The number of rotatable bonds is 5. The number of piperidine rings is 1. The fourth-order valence-electron chi connectivity index (χ4n) is 2.51. The van der Waals surface area contributed by atoms with Gasteiger partial charge in [0.05, 0.1) is 13.7 Å². The first kappa shape index (κ1) is 15.8. The van der Waals surface area contributed by atoms with Crippen molar-refractivity contribution in [1.82, 2.24) is 10.2 Å². The standard InChI is InChI=1S/C14H22N2O5/c1-21-14(20)11(17)8-15-12(18)9-4-6-16(7-5-9)13(19)10-2-3-10/h9-11,17H,2-8H2,1H3,(H,15,18). The van der Waals surface area contributed by atoms with Crippen LogP contribution >= 0.6 is 0 Å². The molecule has 7 heteroatoms. The zero-order chi connectivity index (χ0) is 15.4. The number of hydrogen-bond donors (Lipinski definition) is 2. The third kappa shape index (κ3) is 4.17. The van der Waals surface area contributed by atoms with Gasteiger partial charge in [-0.1, -0.05) is 0 Å². The predicted octanol–water partition coefficient (Wildman–Crippen LogP) is -0.715. The van der Waals surface area contributed by atoms with E-state index in [0.717, 1.165) is 12.8 Å². The Hall–Kier alpha value is -1.63. The number of esters is 1. The average Bonchev–Trinajstić information content (AvgIpc) is 3.35. The highest BCUT2D eigenvalue weighted by atomic mass is 16.5. The maximum Gasteiger partial charge on any atom is 0.336 e. The summed E-state index contributed by atoms with van der Waals surface area (Å²) in [5, 5.41) is 12.0. The van der Waals surface area contributed by atoms with Gasteiger partial charge in [0, 0.05) is 24.9 Å². The maximum absolute atomic E-state index is 12.0. The highest BCUT2D eigenvalue weighted by Crippen LogP contribution is 2.32. The Morgan fingerprint density at radius 2 is 1.81 bits per heavy atom. The number of methoxy groups -OCH3 is 1. The van der Waals surface area contributed by atoms with E-state index in [9.17, 15) is 19.5 Å². The van der Waals surface area contributed by atoms with Gasteiger partial charge in [-0.15, -0.1) is 0 Å². The highest BCUT2D eigenvalue weighted by Gasteiger charge is 2.36. The van der Waals surface area contributed by atoms with E-state index >= 15 is 0 Å². The minimum absolute atomic E-state index is 0.146. The number of amides is 2. The molecule has 2 aliphatic rings. The number of carbonyl (C=O) groups excluding carboxylic acids is 3. The van der Waals surface area contributed by atoms with Gasteiger partial charge in [-0.25, -0.2) is 4.79 Å². The number of ether oxygens (including phenoxy) is 1. The van der Waals surface area contributed by atoms with Crippen LogP contribution in [-0.4, -0.2) is 60.6 Å². The van der Waals surface area contributed by atoms with Crippen LogP contribution in [-0.2, 0) is 19.1 Å². The molecule has 2 fully saturated rings. The van der Waals surface area contributed by atoms with Crippen LogP contribution in [0.4, 0.5) is 0 Å². The predicted molar refractivity (Wildman–Crippen MR) is 73.1 cm³/mol. The fraction of sp³-hybridized carbons (Fsp3) is 0.786. The zero-order valence-corrected chi connectivity index (χ0v) is 12.2. The van der Waals surface area contributed by atoms with Crippen molar-refractivity contribution in [2.75, 3.05) is 26.7 Å². The lowest BCUT2D eigenvalue weighted by atomic mass is 9.95. The third-order valence-corrected chi connectivity index (χ3v) is 4.05. The van der Waals surface area contributed by atoms with Crippen LogP contribution in [0.1, 0.15) is 25.7 Å². The van der Waals surface area contributed by atoms with Gasteiger partial charge in [0.25, 0.3) is 0 Å². The lowest BCUT2D eigenvalue weighted by Gasteiger charge is -2.31. The molecule has 1 saturated heterocycles. The summed E-state index contributed by atoms with van der Waals surface area (Å²) < 4.78 is 4.37. The number of nitrogens with one attached hydrogen (secondary N) is 1. The smallest absolute Gasteiger partial charge is 0.336 e. The molecule has 0 bridgehead atoms. The lowest BCUT2D eigenvalue weighted by Crippen LogP contribution is -2.45. The molecule has 2 N–H and O–H groups in total. The van der Waals surface area contributed by atoms with E-state index in [0.29, 0.717) is 25.9 Å². The first-order valence-corrected chi connectivity index (χ1v) is 7.35. The van der Waals surface area contributed by atoms with Crippen molar-refractivity contribution in [3.63, 3.8) is 0 Å². The molecule has 0 aromatic heterocycles. The van der Waals surface area contributed by atoms with E-state index in [-0.39, 0.29) is 30.2 Å². The van der Waals surface area contributed by atoms with Gasteiger partial charge < -0.3 is 20.1 Å². The first-order chi connectivity index (χ1) is 10.0. The minimum Gasteiger partial charge on any atom is -0.467 e. The van der Waals surface area contributed by atoms with E-state index in [4.69, 9.17) is 0 Å². The van der Waals surface area contributed by atoms with Crippen LogP contribution in [0, 0.1) is 11.8 Å². The van der Waals surface area contributed by atoms with Crippen LogP contribution < -0.4 is 5.32 Å². The molecule has 0 aromatic carbocycles. The lowest BCUT2D eigenvalue weighted by molar-refractivity contribution is -0.150. The van der Waals surface area contributed by atoms with E-state index in [1.807, 2.05) is 4.90 Å². The molecule has 1 unspecified atom stereocenters. The molecule has 118 valence electrons. The molecule has 1 saturated carbocycles. The summed E-state index contributed by atoms with van der Waals surface area (Å²) in [5.41, 5.74) is 0. The van der Waals surface area contributed by atoms with Crippen molar-refractivity contribution in [3.05, 3.63) is 0 Å². The molecule has 2 rings (SSSR count). The van der Waals surface area contributed by atoms with Crippen molar-refractivity contribution in [2.45, 2.75) is 31.8 Å². The Balaban J connectivity index is 1.70. The van der Waals surface area contributed by atoms with Crippen molar-refractivity contribution in [1.29, 1.82) is 0 Å². The molecular weight excluding hydrogens is 276 g/mol. The van der Waals surface area contributed by atoms with Crippen LogP contribution in [0.3, 0.4) is 0 Å². The molecule has 1 atom stereocenters. The quantitative estimate of drug-likeness (QED) is 0.653. The summed E-state index contributed by atoms with van der Waals surface area (Å²) in [4.78, 5) is 36.7. The molecule has 0 spiro atoms. The van der Waals surface area contributed by atoms with Crippen molar-refractivity contribution in [2.24, 2.45) is 11.8 Å². The third-order valence-electron chi connectivity index (χ3n) is 4.05. The summed E-state index contributed by atoms with van der Waals surface area (Å²) in [6, 6.07) is 0. The molecular formula is C14H22N2O5. The Labute approximate surface area is 123 Å². The number of nitrogens with zero attached hydrogens (tertiary/aromatic N) is 1. The molecule has 0 radical (unpaired) electrons. The van der Waals surface area contributed by atoms with Crippen molar-refractivity contribution in [3.8, 4) is 0 Å². The van der Waals surface area contributed by atoms with Gasteiger partial charge in [-0.3, -0.25) is 9.59 Å². The summed E-state index contributed by atoms with van der Waals surface area (Å²) >= 11 is 0. The van der Waals surface area contributed by atoms with Crippen molar-refractivity contribution >= 4 is 17.8 Å². The summed E-state index contributed by atoms with van der Waals surface area (Å²) in [5.74, 6) is -0.685. The molecule has 1 heterocycles. The van der Waals surface area contributed by atoms with Crippen LogP contribution in [0.2, 0.25) is 0 Å². The monoisotopic (exact) mass is 298 g/mol. The Kier molecular flexibility index (Phi) is 5.17. The van der Waals surface area contributed by atoms with Gasteiger partial charge in [0.2, 0.25) is 11.8 Å². The second-order valence-corrected chi connectivity index (χ2v) is 5.66. The van der Waals surface area contributed by atoms with E-state index in [2.05, 4.69) is 10.1 Å². The Morgan fingerprint density at radius 1 is 1.19 bits per heavy atom. The van der Waals surface area contributed by atoms with Gasteiger partial charge >= 0.3 is 5.97 Å². The van der Waals surface area contributed by atoms with E-state index < -0.39 is 12.1 Å². The van der Waals surface area contributed by atoms with Gasteiger partial charge in [-0.05, 0) is 25.7 Å². The fourth-order valence-corrected chi connectivity index (χ4v) is 2.51. The van der Waals surface area contributed by atoms with E-state index in [1.54, 1.807) is 0 Å². The molecule has 2 amide bonds. The molecule has 21 heavy (non-hydrogen) atoms. The number of likely N-dealkylation sites (tertiary alicyclic amines) is 1. The number of aliphatic hydroxyl groups is 1. The van der Waals surface area contributed by atoms with Crippen molar-refractivity contribution < 1.29 is 24.2 Å². The second-order valence-electron chi connectivity index (χ2n) is 5.66. The SMILES string of the molecule is COC(=O)C(O)CNC(=O)C1CCN(C(=O)C2CC2)CC1. The average molecular weight is 298 g/mol. The van der Waals surface area contributed by atoms with Gasteiger partial charge in [0.15, 0.2) is 6.10 Å². The Morgan fingerprint density at radius 3 is 2.33 bits per heavy atom. The summed E-state index contributed by atoms with van der Waals surface area (Å²) in [7, 11) is 1.18. The summed E-state index contributed by atoms with van der Waals surface area (Å²) in [6.07, 6.45) is 1.89. The Bertz CT molecular complexity index is 414. The topological polar surface area (TPSA) is 95.9 Å². The van der Waals surface area contributed by atoms with Gasteiger partial charge in [0.1, 0.15) is 0 Å². The molecule has 0 aromatic rings. The maximum atomic E-state index is 12.0. The number of aliphatic hydroxyl groups excluding tert-OH is 1. The number of hydrogen-bond acceptors (Lipinski definition) is 5. The molecule has 1 aliphatic heterocycles. The number of carbonyl (C=O) groups is 3. The second kappa shape index (κ2) is 6.89. The molecule has 1 aliphatic carbocycles. The highest BCUT2D eigenvalue weighted by molar-refractivity contribution is 5.83. The van der Waals surface area contributed by atoms with Crippen LogP contribution in [0.25, 0.3) is 0 Å². The first-order valence-electron chi connectivity index (χ1n) is 7.35. The minimum atomic E-state index is -1.34. The van der Waals surface area contributed by atoms with E-state index in [1.165, 1.54) is 7.11 Å². The van der Waals surface area contributed by atoms with Crippen LogP contribution in [0.5, 0.6) is 0 Å². The largest absolute Gasteiger partial charge is 0.467 e. The molecule has 7 nitrogen and oxygen atoms in total.